The molecule has 0 aliphatic heterocycles. The summed E-state index contributed by atoms with van der Waals surface area (Å²) in [4.78, 5) is 10.4. The topological polar surface area (TPSA) is 26.3 Å². The summed E-state index contributed by atoms with van der Waals surface area (Å²) >= 11 is 0. The van der Waals surface area contributed by atoms with Crippen LogP contribution in [0, 0.1) is 0 Å². The van der Waals surface area contributed by atoms with Crippen molar-refractivity contribution in [3.05, 3.63) is 11.8 Å². The first-order valence-corrected chi connectivity index (χ1v) is 2.87. The predicted molar refractivity (Wildman–Crippen MR) is 36.1 cm³/mol. The lowest BCUT2D eigenvalue weighted by molar-refractivity contribution is -0.116. The molecule has 0 N–H and O–H groups in total. The summed E-state index contributed by atoms with van der Waals surface area (Å²) in [6.07, 6.45) is 2.24. The molecule has 0 spiro atoms. The third-order valence-corrected chi connectivity index (χ3v) is 0.999. The quantitative estimate of drug-likeness (QED) is 0.538. The van der Waals surface area contributed by atoms with E-state index in [-0.39, 0.29) is 5.78 Å². The summed E-state index contributed by atoms with van der Waals surface area (Å²) < 4.78 is 4.81. The van der Waals surface area contributed by atoms with Gasteiger partial charge in [-0.1, -0.05) is 0 Å². The lowest BCUT2D eigenvalue weighted by atomic mass is 10.3. The van der Waals surface area contributed by atoms with Crippen LogP contribution in [0.3, 0.4) is 0 Å². The Kier molecular flexibility index (Phi) is 3.76. The summed E-state index contributed by atoms with van der Waals surface area (Å²) in [5.41, 5.74) is 0. The van der Waals surface area contributed by atoms with Crippen molar-refractivity contribution in [1.29, 1.82) is 0 Å². The second-order valence-electron chi connectivity index (χ2n) is 1.93. The standard InChI is InChI=1S/C7H12O2/c1-6(8)4-5-7(2)9-3/h5H,4H2,1-3H3. The summed E-state index contributed by atoms with van der Waals surface area (Å²) in [6, 6.07) is 0. The average molecular weight is 128 g/mol. The average Bonchev–Trinajstić information content (AvgIpc) is 1.83. The molecule has 0 aromatic rings. The van der Waals surface area contributed by atoms with E-state index in [1.54, 1.807) is 20.1 Å². The Morgan fingerprint density at radius 1 is 1.56 bits per heavy atom. The number of ketones is 1. The van der Waals surface area contributed by atoms with Crippen molar-refractivity contribution in [2.75, 3.05) is 7.11 Å². The zero-order valence-corrected chi connectivity index (χ0v) is 6.10. The molecule has 0 amide bonds. The van der Waals surface area contributed by atoms with E-state index in [2.05, 4.69) is 0 Å². The highest BCUT2D eigenvalue weighted by molar-refractivity contribution is 5.77. The molecule has 0 bridgehead atoms. The molecule has 0 aliphatic rings. The molecule has 0 atom stereocenters. The van der Waals surface area contributed by atoms with Crippen LogP contribution in [0.4, 0.5) is 0 Å². The highest BCUT2D eigenvalue weighted by Crippen LogP contribution is 1.94. The summed E-state index contributed by atoms with van der Waals surface area (Å²) in [6.45, 7) is 3.38. The van der Waals surface area contributed by atoms with E-state index in [9.17, 15) is 4.79 Å². The second kappa shape index (κ2) is 4.13. The maximum atomic E-state index is 10.4. The van der Waals surface area contributed by atoms with Gasteiger partial charge in [0.2, 0.25) is 0 Å². The number of carbonyl (C=O) groups excluding carboxylic acids is 1. The first kappa shape index (κ1) is 8.21. The number of Topliss-reactive ketones (excluding diaryl/α,β-unsaturated/α-hetero) is 1. The first-order valence-electron chi connectivity index (χ1n) is 2.87. The van der Waals surface area contributed by atoms with Gasteiger partial charge in [0, 0.05) is 6.42 Å². The fourth-order valence-corrected chi connectivity index (χ4v) is 0.371. The fraction of sp³-hybridized carbons (Fsp3) is 0.571. The van der Waals surface area contributed by atoms with E-state index in [1.807, 2.05) is 6.92 Å². The van der Waals surface area contributed by atoms with Gasteiger partial charge in [-0.25, -0.2) is 0 Å². The third kappa shape index (κ3) is 5.07. The van der Waals surface area contributed by atoms with Gasteiger partial charge in [-0.15, -0.1) is 0 Å². The molecular weight excluding hydrogens is 116 g/mol. The number of hydrogen-bond donors (Lipinski definition) is 0. The summed E-state index contributed by atoms with van der Waals surface area (Å²) in [5, 5.41) is 0. The summed E-state index contributed by atoms with van der Waals surface area (Å²) in [5.74, 6) is 0.955. The molecule has 2 nitrogen and oxygen atoms in total. The molecule has 0 aromatic carbocycles. The van der Waals surface area contributed by atoms with Crippen LogP contribution in [0.2, 0.25) is 0 Å². The van der Waals surface area contributed by atoms with Crippen LogP contribution in [0.5, 0.6) is 0 Å². The Morgan fingerprint density at radius 2 is 2.11 bits per heavy atom. The van der Waals surface area contributed by atoms with Gasteiger partial charge in [-0.05, 0) is 19.9 Å². The van der Waals surface area contributed by atoms with Crippen LogP contribution in [-0.2, 0) is 9.53 Å². The molecule has 0 heterocycles. The van der Waals surface area contributed by atoms with Gasteiger partial charge >= 0.3 is 0 Å². The SMILES string of the molecule is COC(C)=CCC(C)=O. The first-order chi connectivity index (χ1) is 4.16. The number of ether oxygens (including phenoxy) is 1. The van der Waals surface area contributed by atoms with Gasteiger partial charge in [0.05, 0.1) is 12.9 Å². The molecule has 2 heteroatoms. The van der Waals surface area contributed by atoms with Crippen LogP contribution in [0.25, 0.3) is 0 Å². The van der Waals surface area contributed by atoms with E-state index in [0.29, 0.717) is 6.42 Å². The zero-order valence-electron chi connectivity index (χ0n) is 6.10. The molecule has 0 unspecified atom stereocenters. The maximum Gasteiger partial charge on any atom is 0.133 e. The molecule has 52 valence electrons. The van der Waals surface area contributed by atoms with Gasteiger partial charge in [0.1, 0.15) is 5.78 Å². The lowest BCUT2D eigenvalue weighted by Gasteiger charge is -1.95. The molecule has 0 fully saturated rings. The van der Waals surface area contributed by atoms with Crippen molar-refractivity contribution in [3.63, 3.8) is 0 Å². The molecule has 0 saturated carbocycles. The molecule has 0 radical (unpaired) electrons. The van der Waals surface area contributed by atoms with Gasteiger partial charge in [0.15, 0.2) is 0 Å². The van der Waals surface area contributed by atoms with E-state index in [1.165, 1.54) is 0 Å². The Morgan fingerprint density at radius 3 is 2.44 bits per heavy atom. The third-order valence-electron chi connectivity index (χ3n) is 0.999. The number of methoxy groups -OCH3 is 1. The molecule has 0 aromatic heterocycles. The fourth-order valence-electron chi connectivity index (χ4n) is 0.371. The number of hydrogen-bond acceptors (Lipinski definition) is 2. The highest BCUT2D eigenvalue weighted by atomic mass is 16.5. The Bertz CT molecular complexity index is 125. The van der Waals surface area contributed by atoms with Gasteiger partial charge in [0.25, 0.3) is 0 Å². The van der Waals surface area contributed by atoms with Crippen LogP contribution in [0.1, 0.15) is 20.3 Å². The summed E-state index contributed by atoms with van der Waals surface area (Å²) in [7, 11) is 1.59. The maximum absolute atomic E-state index is 10.4. The van der Waals surface area contributed by atoms with E-state index < -0.39 is 0 Å². The van der Waals surface area contributed by atoms with Crippen LogP contribution in [-0.4, -0.2) is 12.9 Å². The molecule has 0 aliphatic carbocycles. The smallest absolute Gasteiger partial charge is 0.133 e. The molecular formula is C7H12O2. The van der Waals surface area contributed by atoms with E-state index in [0.717, 1.165) is 5.76 Å². The minimum absolute atomic E-state index is 0.159. The zero-order chi connectivity index (χ0) is 7.28. The van der Waals surface area contributed by atoms with Crippen molar-refractivity contribution in [3.8, 4) is 0 Å². The normalized spacial score (nSPS) is 11.2. The Labute approximate surface area is 55.5 Å². The van der Waals surface area contributed by atoms with Crippen molar-refractivity contribution in [1.82, 2.24) is 0 Å². The van der Waals surface area contributed by atoms with Crippen LogP contribution < -0.4 is 0 Å². The van der Waals surface area contributed by atoms with Gasteiger partial charge < -0.3 is 4.74 Å². The number of allylic oxidation sites excluding steroid dienone is 2. The van der Waals surface area contributed by atoms with Crippen molar-refractivity contribution < 1.29 is 9.53 Å². The minimum Gasteiger partial charge on any atom is -0.502 e. The van der Waals surface area contributed by atoms with Crippen molar-refractivity contribution in [2.24, 2.45) is 0 Å². The number of carbonyl (C=O) groups is 1. The van der Waals surface area contributed by atoms with Crippen LogP contribution >= 0.6 is 0 Å². The van der Waals surface area contributed by atoms with Crippen molar-refractivity contribution >= 4 is 5.78 Å². The van der Waals surface area contributed by atoms with E-state index in [4.69, 9.17) is 4.74 Å². The van der Waals surface area contributed by atoms with E-state index >= 15 is 0 Å². The second-order valence-corrected chi connectivity index (χ2v) is 1.93. The highest BCUT2D eigenvalue weighted by Gasteiger charge is 1.88. The van der Waals surface area contributed by atoms with Gasteiger partial charge in [-0.2, -0.15) is 0 Å². The Balaban J connectivity index is 3.56. The monoisotopic (exact) mass is 128 g/mol. The predicted octanol–water partition coefficient (Wildman–Crippen LogP) is 1.52. The van der Waals surface area contributed by atoms with Crippen LogP contribution in [0.15, 0.2) is 11.8 Å². The minimum atomic E-state index is 0.159. The Hall–Kier alpha value is -0.790. The van der Waals surface area contributed by atoms with Crippen molar-refractivity contribution in [2.45, 2.75) is 20.3 Å². The molecule has 0 saturated heterocycles. The largest absolute Gasteiger partial charge is 0.502 e. The number of rotatable bonds is 3. The lowest BCUT2D eigenvalue weighted by Crippen LogP contribution is -1.87. The molecule has 9 heavy (non-hydrogen) atoms. The molecule has 0 rings (SSSR count). The van der Waals surface area contributed by atoms with Gasteiger partial charge in [-0.3, -0.25) is 4.79 Å².